The van der Waals surface area contributed by atoms with Gasteiger partial charge in [0.25, 0.3) is 5.91 Å². The molecule has 3 N–H and O–H groups in total. The van der Waals surface area contributed by atoms with Crippen LogP contribution in [0.5, 0.6) is 0 Å². The molecule has 20 heavy (non-hydrogen) atoms. The second-order valence-electron chi connectivity index (χ2n) is 4.48. The van der Waals surface area contributed by atoms with Gasteiger partial charge in [-0.15, -0.1) is 0 Å². The van der Waals surface area contributed by atoms with E-state index >= 15 is 0 Å². The van der Waals surface area contributed by atoms with Crippen molar-refractivity contribution >= 4 is 33.5 Å². The topological polar surface area (TPSA) is 82.2 Å². The van der Waals surface area contributed by atoms with Crippen LogP contribution in [-0.2, 0) is 0 Å². The third-order valence-electron chi connectivity index (χ3n) is 2.84. The Morgan fingerprint density at radius 2 is 1.95 bits per heavy atom. The van der Waals surface area contributed by atoms with Crippen molar-refractivity contribution in [2.45, 2.75) is 13.8 Å². The van der Waals surface area contributed by atoms with Crippen LogP contribution in [0.25, 0.3) is 0 Å². The average molecular weight is 337 g/mol. The van der Waals surface area contributed by atoms with Gasteiger partial charge in [0.15, 0.2) is 0 Å². The molecule has 1 heterocycles. The molecule has 0 spiro atoms. The van der Waals surface area contributed by atoms with E-state index in [2.05, 4.69) is 26.2 Å². The SMILES string of the molecule is Cc1cc(Br)cc(C(=O)Nc2c[nH]c(C)c2C(=O)O)c1. The first-order valence-electron chi connectivity index (χ1n) is 5.88. The Labute approximate surface area is 124 Å². The highest BCUT2D eigenvalue weighted by Crippen LogP contribution is 2.21. The van der Waals surface area contributed by atoms with Gasteiger partial charge >= 0.3 is 5.97 Å². The highest BCUT2D eigenvalue weighted by molar-refractivity contribution is 9.10. The van der Waals surface area contributed by atoms with Gasteiger partial charge in [0.2, 0.25) is 0 Å². The van der Waals surface area contributed by atoms with Crippen LogP contribution in [0.3, 0.4) is 0 Å². The maximum atomic E-state index is 12.2. The molecule has 5 nitrogen and oxygen atoms in total. The summed E-state index contributed by atoms with van der Waals surface area (Å²) < 4.78 is 0.798. The Balaban J connectivity index is 2.30. The van der Waals surface area contributed by atoms with Crippen molar-refractivity contribution in [3.05, 3.63) is 51.3 Å². The molecule has 0 aliphatic rings. The summed E-state index contributed by atoms with van der Waals surface area (Å²) in [6.07, 6.45) is 1.47. The molecule has 0 saturated heterocycles. The van der Waals surface area contributed by atoms with Gasteiger partial charge in [-0.25, -0.2) is 4.79 Å². The lowest BCUT2D eigenvalue weighted by Gasteiger charge is -2.06. The van der Waals surface area contributed by atoms with Crippen molar-refractivity contribution in [1.82, 2.24) is 4.98 Å². The summed E-state index contributed by atoms with van der Waals surface area (Å²) >= 11 is 3.33. The predicted molar refractivity (Wildman–Crippen MR) is 79.3 cm³/mol. The van der Waals surface area contributed by atoms with Crippen molar-refractivity contribution in [3.8, 4) is 0 Å². The maximum absolute atomic E-state index is 12.2. The number of aryl methyl sites for hydroxylation is 2. The van der Waals surface area contributed by atoms with Crippen molar-refractivity contribution in [2.75, 3.05) is 5.32 Å². The van der Waals surface area contributed by atoms with E-state index in [9.17, 15) is 9.59 Å². The number of aromatic amines is 1. The molecule has 0 unspecified atom stereocenters. The van der Waals surface area contributed by atoms with E-state index in [0.29, 0.717) is 11.3 Å². The fourth-order valence-corrected chi connectivity index (χ4v) is 2.57. The summed E-state index contributed by atoms with van der Waals surface area (Å²) in [5, 5.41) is 11.7. The molecule has 0 bridgehead atoms. The Morgan fingerprint density at radius 1 is 1.25 bits per heavy atom. The summed E-state index contributed by atoms with van der Waals surface area (Å²) in [5.74, 6) is -1.43. The van der Waals surface area contributed by atoms with Gasteiger partial charge in [-0.05, 0) is 37.6 Å². The molecule has 0 atom stereocenters. The standard InChI is InChI=1S/C14H13BrN2O3/c1-7-3-9(5-10(15)4-7)13(18)17-11-6-16-8(2)12(11)14(19)20/h3-6,16H,1-2H3,(H,17,18)(H,19,20). The van der Waals surface area contributed by atoms with Gasteiger partial charge < -0.3 is 15.4 Å². The van der Waals surface area contributed by atoms with E-state index in [1.807, 2.05) is 13.0 Å². The molecule has 0 fully saturated rings. The first kappa shape index (κ1) is 14.3. The summed E-state index contributed by atoms with van der Waals surface area (Å²) in [5.41, 5.74) is 2.24. The van der Waals surface area contributed by atoms with Crippen molar-refractivity contribution in [3.63, 3.8) is 0 Å². The number of aromatic carboxylic acids is 1. The lowest BCUT2D eigenvalue weighted by Crippen LogP contribution is -2.14. The number of hydrogen-bond acceptors (Lipinski definition) is 2. The predicted octanol–water partition coefficient (Wildman–Crippen LogP) is 3.34. The minimum Gasteiger partial charge on any atom is -0.478 e. The Morgan fingerprint density at radius 3 is 2.55 bits per heavy atom. The monoisotopic (exact) mass is 336 g/mol. The van der Waals surface area contributed by atoms with E-state index in [0.717, 1.165) is 10.0 Å². The van der Waals surface area contributed by atoms with Gasteiger partial charge in [0.05, 0.1) is 5.69 Å². The van der Waals surface area contributed by atoms with Crippen LogP contribution in [0.4, 0.5) is 5.69 Å². The molecule has 0 aliphatic heterocycles. The number of carboxylic acids is 1. The summed E-state index contributed by atoms with van der Waals surface area (Å²) in [6.45, 7) is 3.52. The second-order valence-corrected chi connectivity index (χ2v) is 5.39. The van der Waals surface area contributed by atoms with E-state index in [1.165, 1.54) is 6.20 Å². The fourth-order valence-electron chi connectivity index (χ4n) is 1.96. The summed E-state index contributed by atoms with van der Waals surface area (Å²) in [7, 11) is 0. The Kier molecular flexibility index (Phi) is 3.94. The molecule has 0 radical (unpaired) electrons. The first-order valence-corrected chi connectivity index (χ1v) is 6.67. The molecular weight excluding hydrogens is 324 g/mol. The Bertz CT molecular complexity index is 671. The van der Waals surface area contributed by atoms with E-state index < -0.39 is 5.97 Å². The molecule has 2 rings (SSSR count). The fraction of sp³-hybridized carbons (Fsp3) is 0.143. The number of carboxylic acid groups (broad SMARTS) is 1. The van der Waals surface area contributed by atoms with Gasteiger partial charge in [0.1, 0.15) is 5.56 Å². The van der Waals surface area contributed by atoms with Gasteiger partial charge in [-0.1, -0.05) is 15.9 Å². The van der Waals surface area contributed by atoms with Crippen LogP contribution in [0.2, 0.25) is 0 Å². The van der Waals surface area contributed by atoms with Crippen molar-refractivity contribution in [2.24, 2.45) is 0 Å². The van der Waals surface area contributed by atoms with Crippen LogP contribution in [0.1, 0.15) is 32.0 Å². The molecule has 6 heteroatoms. The molecule has 0 saturated carbocycles. The van der Waals surface area contributed by atoms with E-state index in [-0.39, 0.29) is 17.2 Å². The van der Waals surface area contributed by atoms with Crippen LogP contribution < -0.4 is 5.32 Å². The number of H-pyrrole nitrogens is 1. The second kappa shape index (κ2) is 5.50. The van der Waals surface area contributed by atoms with Crippen molar-refractivity contribution in [1.29, 1.82) is 0 Å². The molecule has 2 aromatic rings. The quantitative estimate of drug-likeness (QED) is 0.803. The molecule has 104 valence electrons. The smallest absolute Gasteiger partial charge is 0.339 e. The van der Waals surface area contributed by atoms with Gasteiger partial charge in [0, 0.05) is 21.9 Å². The van der Waals surface area contributed by atoms with Gasteiger partial charge in [-0.3, -0.25) is 4.79 Å². The summed E-state index contributed by atoms with van der Waals surface area (Å²) in [6, 6.07) is 5.31. The third-order valence-corrected chi connectivity index (χ3v) is 3.30. The zero-order valence-corrected chi connectivity index (χ0v) is 12.5. The lowest BCUT2D eigenvalue weighted by molar-refractivity contribution is 0.0697. The number of aromatic nitrogens is 1. The zero-order chi connectivity index (χ0) is 14.9. The third kappa shape index (κ3) is 2.91. The maximum Gasteiger partial charge on any atom is 0.339 e. The van der Waals surface area contributed by atoms with Crippen molar-refractivity contribution < 1.29 is 14.7 Å². The van der Waals surface area contributed by atoms with Crippen LogP contribution in [0.15, 0.2) is 28.9 Å². The van der Waals surface area contributed by atoms with Crippen LogP contribution in [-0.4, -0.2) is 22.0 Å². The van der Waals surface area contributed by atoms with Gasteiger partial charge in [-0.2, -0.15) is 0 Å². The zero-order valence-electron chi connectivity index (χ0n) is 11.0. The molecule has 0 aliphatic carbocycles. The normalized spacial score (nSPS) is 10.3. The minimum atomic E-state index is -1.08. The number of rotatable bonds is 3. The number of hydrogen-bond donors (Lipinski definition) is 3. The first-order chi connectivity index (χ1) is 9.38. The number of benzene rings is 1. The lowest BCUT2D eigenvalue weighted by atomic mass is 10.1. The van der Waals surface area contributed by atoms with Crippen LogP contribution in [0, 0.1) is 13.8 Å². The highest BCUT2D eigenvalue weighted by Gasteiger charge is 2.18. The highest BCUT2D eigenvalue weighted by atomic mass is 79.9. The molecule has 1 amide bonds. The minimum absolute atomic E-state index is 0.0741. The van der Waals surface area contributed by atoms with Crippen LogP contribution >= 0.6 is 15.9 Å². The number of carbonyl (C=O) groups is 2. The largest absolute Gasteiger partial charge is 0.478 e. The number of amides is 1. The van der Waals surface area contributed by atoms with E-state index in [1.54, 1.807) is 19.1 Å². The molecule has 1 aromatic carbocycles. The number of carbonyl (C=O) groups excluding carboxylic acids is 1. The Hall–Kier alpha value is -2.08. The average Bonchev–Trinajstić information content (AvgIpc) is 2.69. The number of halogens is 1. The number of nitrogens with one attached hydrogen (secondary N) is 2. The summed E-state index contributed by atoms with van der Waals surface area (Å²) in [4.78, 5) is 26.1. The molecular formula is C14H13BrN2O3. The molecule has 1 aromatic heterocycles. The number of anilines is 1. The van der Waals surface area contributed by atoms with E-state index in [4.69, 9.17) is 5.11 Å².